The maximum absolute atomic E-state index is 4.25. The van der Waals surface area contributed by atoms with E-state index < -0.39 is 0 Å². The normalized spacial score (nSPS) is 24.2. The zero-order valence-electron chi connectivity index (χ0n) is 10.6. The fourth-order valence-corrected chi connectivity index (χ4v) is 3.26. The van der Waals surface area contributed by atoms with E-state index in [-0.39, 0.29) is 0 Å². The molecule has 16 heavy (non-hydrogen) atoms. The molecule has 0 amide bonds. The smallest absolute Gasteiger partial charge is 0.0172 e. The Morgan fingerprint density at radius 3 is 2.06 bits per heavy atom. The van der Waals surface area contributed by atoms with Gasteiger partial charge in [0.25, 0.3) is 0 Å². The van der Waals surface area contributed by atoms with Gasteiger partial charge in [0.05, 0.1) is 0 Å². The average Bonchev–Trinajstić information content (AvgIpc) is 2.38. The lowest BCUT2D eigenvalue weighted by Crippen LogP contribution is -2.27. The van der Waals surface area contributed by atoms with Crippen LogP contribution in [0.5, 0.6) is 0 Å². The Balaban J connectivity index is 1.65. The molecular weight excluding hydrogens is 194 g/mol. The van der Waals surface area contributed by atoms with E-state index in [1.165, 1.54) is 76.5 Å². The lowest BCUT2D eigenvalue weighted by Gasteiger charge is -2.27. The summed E-state index contributed by atoms with van der Waals surface area (Å²) in [7, 11) is 0. The Morgan fingerprint density at radius 2 is 1.44 bits per heavy atom. The minimum atomic E-state index is 0.775. The van der Waals surface area contributed by atoms with Gasteiger partial charge < -0.3 is 5.32 Å². The van der Waals surface area contributed by atoms with Crippen LogP contribution in [-0.2, 0) is 0 Å². The summed E-state index contributed by atoms with van der Waals surface area (Å²) >= 11 is 0. The molecule has 0 atom stereocenters. The largest absolute Gasteiger partial charge is 0.388 e. The quantitative estimate of drug-likeness (QED) is 0.748. The van der Waals surface area contributed by atoms with Crippen molar-refractivity contribution in [1.29, 1.82) is 0 Å². The highest BCUT2D eigenvalue weighted by atomic mass is 14.9. The van der Waals surface area contributed by atoms with Gasteiger partial charge in [-0.05, 0) is 37.5 Å². The molecule has 0 radical (unpaired) electrons. The second kappa shape index (κ2) is 6.32. The van der Waals surface area contributed by atoms with E-state index in [4.69, 9.17) is 0 Å². The minimum Gasteiger partial charge on any atom is -0.388 e. The Bertz CT molecular complexity index is 209. The van der Waals surface area contributed by atoms with E-state index in [1.54, 1.807) is 0 Å². The summed E-state index contributed by atoms with van der Waals surface area (Å²) in [4.78, 5) is 0. The molecule has 0 aromatic heterocycles. The van der Waals surface area contributed by atoms with Gasteiger partial charge in [-0.25, -0.2) is 0 Å². The van der Waals surface area contributed by atoms with Gasteiger partial charge in [0.1, 0.15) is 0 Å². The van der Waals surface area contributed by atoms with Gasteiger partial charge in [-0.15, -0.1) is 0 Å². The topological polar surface area (TPSA) is 12.0 Å². The highest BCUT2D eigenvalue weighted by molar-refractivity contribution is 4.99. The Labute approximate surface area is 101 Å². The van der Waals surface area contributed by atoms with Crippen molar-refractivity contribution >= 4 is 0 Å². The number of rotatable bonds is 4. The van der Waals surface area contributed by atoms with Crippen LogP contribution in [0.3, 0.4) is 0 Å². The van der Waals surface area contributed by atoms with E-state index in [0.717, 1.165) is 11.8 Å². The van der Waals surface area contributed by atoms with Crippen LogP contribution in [0.4, 0.5) is 0 Å². The van der Waals surface area contributed by atoms with Crippen LogP contribution >= 0.6 is 0 Å². The molecule has 0 saturated heterocycles. The van der Waals surface area contributed by atoms with E-state index in [2.05, 4.69) is 11.9 Å². The molecule has 92 valence electrons. The Morgan fingerprint density at radius 1 is 0.875 bits per heavy atom. The highest BCUT2D eigenvalue weighted by Gasteiger charge is 2.18. The third kappa shape index (κ3) is 3.54. The first-order valence-electron chi connectivity index (χ1n) is 7.29. The molecule has 0 aromatic carbocycles. The van der Waals surface area contributed by atoms with Crippen molar-refractivity contribution in [1.82, 2.24) is 5.32 Å². The second-order valence-electron chi connectivity index (χ2n) is 5.75. The van der Waals surface area contributed by atoms with Gasteiger partial charge in [0.2, 0.25) is 0 Å². The van der Waals surface area contributed by atoms with Crippen LogP contribution in [-0.4, -0.2) is 6.54 Å². The predicted molar refractivity (Wildman–Crippen MR) is 70.3 cm³/mol. The van der Waals surface area contributed by atoms with Crippen molar-refractivity contribution in [3.8, 4) is 0 Å². The molecule has 0 heterocycles. The van der Waals surface area contributed by atoms with Crippen LogP contribution in [0.1, 0.15) is 64.2 Å². The van der Waals surface area contributed by atoms with Crippen LogP contribution < -0.4 is 5.32 Å². The third-order valence-corrected chi connectivity index (χ3v) is 4.44. The molecule has 1 nitrogen and oxygen atoms in total. The third-order valence-electron chi connectivity index (χ3n) is 4.44. The Kier molecular flexibility index (Phi) is 4.74. The summed E-state index contributed by atoms with van der Waals surface area (Å²) in [5.74, 6) is 1.70. The van der Waals surface area contributed by atoms with E-state index in [9.17, 15) is 0 Å². The zero-order chi connectivity index (χ0) is 11.2. The van der Waals surface area contributed by atoms with E-state index >= 15 is 0 Å². The number of nitrogens with one attached hydrogen (secondary N) is 1. The average molecular weight is 221 g/mol. The molecular formula is C15H27N. The van der Waals surface area contributed by atoms with E-state index in [0.29, 0.717) is 0 Å². The number of hydrogen-bond donors (Lipinski definition) is 1. The van der Waals surface area contributed by atoms with Crippen molar-refractivity contribution in [2.24, 2.45) is 11.8 Å². The van der Waals surface area contributed by atoms with Crippen molar-refractivity contribution in [2.75, 3.05) is 6.54 Å². The molecule has 0 spiro atoms. The van der Waals surface area contributed by atoms with Gasteiger partial charge in [-0.3, -0.25) is 0 Å². The first-order valence-corrected chi connectivity index (χ1v) is 7.29. The van der Waals surface area contributed by atoms with Gasteiger partial charge in [0, 0.05) is 12.2 Å². The summed E-state index contributed by atoms with van der Waals surface area (Å²) in [6.45, 7) is 5.44. The second-order valence-corrected chi connectivity index (χ2v) is 5.75. The molecule has 2 aliphatic carbocycles. The minimum absolute atomic E-state index is 0.775. The van der Waals surface area contributed by atoms with Crippen LogP contribution in [0.15, 0.2) is 12.3 Å². The lowest BCUT2D eigenvalue weighted by atomic mass is 9.86. The lowest BCUT2D eigenvalue weighted by molar-refractivity contribution is 0.333. The molecule has 0 bridgehead atoms. The van der Waals surface area contributed by atoms with Crippen LogP contribution in [0.25, 0.3) is 0 Å². The number of allylic oxidation sites excluding steroid dienone is 1. The predicted octanol–water partition coefficient (Wildman–Crippen LogP) is 4.25. The maximum Gasteiger partial charge on any atom is 0.0172 e. The molecule has 0 unspecified atom stereocenters. The first kappa shape index (κ1) is 12.0. The maximum atomic E-state index is 4.25. The fourth-order valence-electron chi connectivity index (χ4n) is 3.26. The molecule has 1 heteroatoms. The molecule has 2 aliphatic rings. The molecule has 2 fully saturated rings. The molecule has 0 aromatic rings. The van der Waals surface area contributed by atoms with E-state index in [1.807, 2.05) is 0 Å². The SMILES string of the molecule is C=C(NCC1CCCCC1)C1CCCCC1. The Hall–Kier alpha value is -0.460. The van der Waals surface area contributed by atoms with Crippen molar-refractivity contribution in [2.45, 2.75) is 64.2 Å². The monoisotopic (exact) mass is 221 g/mol. The summed E-state index contributed by atoms with van der Waals surface area (Å²) in [5.41, 5.74) is 1.34. The molecule has 1 N–H and O–H groups in total. The standard InChI is InChI=1S/C15H27N/c1-13(15-10-6-3-7-11-15)16-12-14-8-4-2-5-9-14/h14-16H,1-12H2. The molecule has 0 aliphatic heterocycles. The molecule has 2 saturated carbocycles. The zero-order valence-corrected chi connectivity index (χ0v) is 10.6. The van der Waals surface area contributed by atoms with Crippen LogP contribution in [0.2, 0.25) is 0 Å². The van der Waals surface area contributed by atoms with Crippen molar-refractivity contribution in [3.63, 3.8) is 0 Å². The molecule has 2 rings (SSSR count). The van der Waals surface area contributed by atoms with Crippen molar-refractivity contribution < 1.29 is 0 Å². The summed E-state index contributed by atoms with van der Waals surface area (Å²) < 4.78 is 0. The highest BCUT2D eigenvalue weighted by Crippen LogP contribution is 2.28. The van der Waals surface area contributed by atoms with Crippen molar-refractivity contribution in [3.05, 3.63) is 12.3 Å². The summed E-state index contributed by atoms with van der Waals surface area (Å²) in [6, 6.07) is 0. The summed E-state index contributed by atoms with van der Waals surface area (Å²) in [5, 5.41) is 3.63. The summed E-state index contributed by atoms with van der Waals surface area (Å²) in [6.07, 6.45) is 14.2. The number of hydrogen-bond acceptors (Lipinski definition) is 1. The fraction of sp³-hybridized carbons (Fsp3) is 0.867. The van der Waals surface area contributed by atoms with Gasteiger partial charge in [0.15, 0.2) is 0 Å². The van der Waals surface area contributed by atoms with Gasteiger partial charge >= 0.3 is 0 Å². The first-order chi connectivity index (χ1) is 7.86. The van der Waals surface area contributed by atoms with Gasteiger partial charge in [-0.2, -0.15) is 0 Å². The van der Waals surface area contributed by atoms with Gasteiger partial charge in [-0.1, -0.05) is 45.1 Å². The van der Waals surface area contributed by atoms with Crippen LogP contribution in [0, 0.1) is 11.8 Å².